The van der Waals surface area contributed by atoms with E-state index in [1.54, 1.807) is 0 Å². The van der Waals surface area contributed by atoms with Gasteiger partial charge in [0.25, 0.3) is 0 Å². The molecule has 0 heterocycles. The van der Waals surface area contributed by atoms with Crippen LogP contribution in [0.25, 0.3) is 0 Å². The molecular weight excluding hydrogens is 160 g/mol. The maximum atomic E-state index is 3.75. The summed E-state index contributed by atoms with van der Waals surface area (Å²) in [5.41, 5.74) is 0.320. The summed E-state index contributed by atoms with van der Waals surface area (Å²) in [6, 6.07) is 0.404. The molecule has 0 amide bonds. The van der Waals surface area contributed by atoms with Crippen LogP contribution in [0, 0.1) is 5.41 Å². The van der Waals surface area contributed by atoms with Crippen LogP contribution in [-0.2, 0) is 0 Å². The highest BCUT2D eigenvalue weighted by molar-refractivity contribution is 4.84. The first kappa shape index (κ1) is 12.7. The molecule has 0 saturated heterocycles. The highest BCUT2D eigenvalue weighted by Crippen LogP contribution is 2.14. The molecule has 0 bridgehead atoms. The minimum atomic E-state index is 0.320. The largest absolute Gasteiger partial charge is 0.310 e. The second-order valence-electron chi connectivity index (χ2n) is 4.81. The van der Waals surface area contributed by atoms with Gasteiger partial charge in [0.15, 0.2) is 0 Å². The summed E-state index contributed by atoms with van der Waals surface area (Å²) in [5.74, 6) is 0. The molecular formula is C11H24N2. The Morgan fingerprint density at radius 3 is 2.38 bits per heavy atom. The van der Waals surface area contributed by atoms with Gasteiger partial charge in [-0.2, -0.15) is 0 Å². The summed E-state index contributed by atoms with van der Waals surface area (Å²) in [5, 5.41) is 3.43. The highest BCUT2D eigenvalue weighted by Gasteiger charge is 2.18. The van der Waals surface area contributed by atoms with E-state index in [1.165, 1.54) is 0 Å². The number of hydrogen-bond acceptors (Lipinski definition) is 2. The van der Waals surface area contributed by atoms with Gasteiger partial charge >= 0.3 is 0 Å². The lowest BCUT2D eigenvalue weighted by Gasteiger charge is -2.29. The van der Waals surface area contributed by atoms with Crippen LogP contribution in [0.2, 0.25) is 0 Å². The zero-order valence-corrected chi connectivity index (χ0v) is 9.72. The Labute approximate surface area is 83.0 Å². The van der Waals surface area contributed by atoms with Crippen LogP contribution in [0.5, 0.6) is 0 Å². The number of nitrogens with zero attached hydrogens (tertiary/aromatic N) is 1. The molecule has 1 unspecified atom stereocenters. The van der Waals surface area contributed by atoms with E-state index in [4.69, 9.17) is 0 Å². The molecule has 1 N–H and O–H groups in total. The molecule has 13 heavy (non-hydrogen) atoms. The molecule has 0 aliphatic carbocycles. The third kappa shape index (κ3) is 6.79. The molecule has 2 heteroatoms. The quantitative estimate of drug-likeness (QED) is 0.633. The Hall–Kier alpha value is -0.340. The molecule has 0 aliphatic heterocycles. The molecule has 0 fully saturated rings. The zero-order valence-electron chi connectivity index (χ0n) is 9.72. The second-order valence-corrected chi connectivity index (χ2v) is 4.81. The Bertz CT molecular complexity index is 150. The molecule has 2 nitrogen and oxygen atoms in total. The van der Waals surface area contributed by atoms with Crippen LogP contribution in [0.1, 0.15) is 20.8 Å². The van der Waals surface area contributed by atoms with Gasteiger partial charge in [-0.05, 0) is 26.4 Å². The smallest absolute Gasteiger partial charge is 0.0219 e. The lowest BCUT2D eigenvalue weighted by atomic mass is 9.92. The molecule has 0 aromatic heterocycles. The van der Waals surface area contributed by atoms with Crippen molar-refractivity contribution < 1.29 is 0 Å². The maximum absolute atomic E-state index is 3.75. The van der Waals surface area contributed by atoms with Gasteiger partial charge in [0.1, 0.15) is 0 Å². The SMILES string of the molecule is C=CC(C)NCC(C)(C)CN(C)C. The monoisotopic (exact) mass is 184 g/mol. The van der Waals surface area contributed by atoms with E-state index in [1.807, 2.05) is 6.08 Å². The van der Waals surface area contributed by atoms with Crippen LogP contribution in [-0.4, -0.2) is 38.1 Å². The van der Waals surface area contributed by atoms with Crippen molar-refractivity contribution in [2.45, 2.75) is 26.8 Å². The van der Waals surface area contributed by atoms with Crippen LogP contribution in [0.4, 0.5) is 0 Å². The van der Waals surface area contributed by atoms with Crippen LogP contribution in [0.3, 0.4) is 0 Å². The van der Waals surface area contributed by atoms with Gasteiger partial charge < -0.3 is 10.2 Å². The van der Waals surface area contributed by atoms with Gasteiger partial charge in [0.2, 0.25) is 0 Å². The first-order chi connectivity index (χ1) is 5.87. The van der Waals surface area contributed by atoms with Crippen molar-refractivity contribution in [2.24, 2.45) is 5.41 Å². The van der Waals surface area contributed by atoms with Gasteiger partial charge in [-0.1, -0.05) is 19.9 Å². The Balaban J connectivity index is 3.81. The van der Waals surface area contributed by atoms with E-state index in [0.29, 0.717) is 11.5 Å². The molecule has 0 aromatic carbocycles. The third-order valence-corrected chi connectivity index (χ3v) is 2.00. The van der Waals surface area contributed by atoms with E-state index in [2.05, 4.69) is 51.7 Å². The van der Waals surface area contributed by atoms with Crippen molar-refractivity contribution in [3.05, 3.63) is 12.7 Å². The summed E-state index contributed by atoms with van der Waals surface area (Å²) >= 11 is 0. The standard InChI is InChI=1S/C11H24N2/c1-7-10(2)12-8-11(3,4)9-13(5)6/h7,10,12H,1,8-9H2,2-6H3. The maximum Gasteiger partial charge on any atom is 0.0219 e. The van der Waals surface area contributed by atoms with Crippen molar-refractivity contribution >= 4 is 0 Å². The topological polar surface area (TPSA) is 15.3 Å². The Morgan fingerprint density at radius 1 is 1.46 bits per heavy atom. The average molecular weight is 184 g/mol. The van der Waals surface area contributed by atoms with Crippen molar-refractivity contribution in [3.8, 4) is 0 Å². The summed E-state index contributed by atoms with van der Waals surface area (Å²) in [6.45, 7) is 12.5. The predicted octanol–water partition coefficient (Wildman–Crippen LogP) is 1.74. The predicted molar refractivity (Wildman–Crippen MR) is 60.0 cm³/mol. The van der Waals surface area contributed by atoms with E-state index in [-0.39, 0.29) is 0 Å². The highest BCUT2D eigenvalue weighted by atomic mass is 15.1. The van der Waals surface area contributed by atoms with Gasteiger partial charge in [-0.25, -0.2) is 0 Å². The van der Waals surface area contributed by atoms with Crippen molar-refractivity contribution in [2.75, 3.05) is 27.2 Å². The molecule has 1 atom stereocenters. The molecule has 78 valence electrons. The number of nitrogens with one attached hydrogen (secondary N) is 1. The van der Waals surface area contributed by atoms with E-state index in [0.717, 1.165) is 13.1 Å². The molecule has 0 saturated carbocycles. The first-order valence-corrected chi connectivity index (χ1v) is 4.88. The average Bonchev–Trinajstić information content (AvgIpc) is 1.98. The molecule has 0 radical (unpaired) electrons. The fourth-order valence-corrected chi connectivity index (χ4v) is 1.43. The van der Waals surface area contributed by atoms with Crippen LogP contribution < -0.4 is 5.32 Å². The molecule has 0 rings (SSSR count). The summed E-state index contributed by atoms with van der Waals surface area (Å²) < 4.78 is 0. The normalized spacial score (nSPS) is 14.6. The second kappa shape index (κ2) is 5.40. The van der Waals surface area contributed by atoms with Crippen molar-refractivity contribution in [1.82, 2.24) is 10.2 Å². The van der Waals surface area contributed by atoms with E-state index in [9.17, 15) is 0 Å². The van der Waals surface area contributed by atoms with Gasteiger partial charge in [-0.15, -0.1) is 6.58 Å². The van der Waals surface area contributed by atoms with Crippen molar-refractivity contribution in [1.29, 1.82) is 0 Å². The number of rotatable bonds is 6. The Morgan fingerprint density at radius 2 is 2.00 bits per heavy atom. The zero-order chi connectivity index (χ0) is 10.5. The summed E-state index contributed by atoms with van der Waals surface area (Å²) in [7, 11) is 4.22. The summed E-state index contributed by atoms with van der Waals surface area (Å²) in [6.07, 6.45) is 1.94. The molecule has 0 aliphatic rings. The lowest BCUT2D eigenvalue weighted by molar-refractivity contribution is 0.230. The van der Waals surface area contributed by atoms with Crippen molar-refractivity contribution in [3.63, 3.8) is 0 Å². The Kier molecular flexibility index (Phi) is 5.26. The van der Waals surface area contributed by atoms with Gasteiger partial charge in [0, 0.05) is 19.1 Å². The molecule has 0 spiro atoms. The van der Waals surface area contributed by atoms with Crippen LogP contribution >= 0.6 is 0 Å². The van der Waals surface area contributed by atoms with E-state index >= 15 is 0 Å². The third-order valence-electron chi connectivity index (χ3n) is 2.00. The fraction of sp³-hybridized carbons (Fsp3) is 0.818. The fourth-order valence-electron chi connectivity index (χ4n) is 1.43. The van der Waals surface area contributed by atoms with E-state index < -0.39 is 0 Å². The van der Waals surface area contributed by atoms with Gasteiger partial charge in [-0.3, -0.25) is 0 Å². The summed E-state index contributed by atoms with van der Waals surface area (Å²) in [4.78, 5) is 2.22. The van der Waals surface area contributed by atoms with Gasteiger partial charge in [0.05, 0.1) is 0 Å². The minimum absolute atomic E-state index is 0.320. The first-order valence-electron chi connectivity index (χ1n) is 4.88. The number of hydrogen-bond donors (Lipinski definition) is 1. The van der Waals surface area contributed by atoms with Crippen LogP contribution in [0.15, 0.2) is 12.7 Å². The lowest BCUT2D eigenvalue weighted by Crippen LogP contribution is -2.40. The minimum Gasteiger partial charge on any atom is -0.310 e. The molecule has 0 aromatic rings.